The molecule has 0 saturated heterocycles. The summed E-state index contributed by atoms with van der Waals surface area (Å²) in [6, 6.07) is 0. The first kappa shape index (κ1) is 23.6. The maximum absolute atomic E-state index is 13.3. The van der Waals surface area contributed by atoms with Crippen molar-refractivity contribution in [1.82, 2.24) is 0 Å². The third kappa shape index (κ3) is 3.07. The Balaban J connectivity index is 2.41. The van der Waals surface area contributed by atoms with Crippen molar-refractivity contribution in [2.24, 2.45) is 34.5 Å². The predicted octanol–water partition coefficient (Wildman–Crippen LogP) is 1.62. The Morgan fingerprint density at radius 2 is 0.875 bits per heavy atom. The molecule has 3 aliphatic carbocycles. The number of rotatable bonds is 4. The van der Waals surface area contributed by atoms with Gasteiger partial charge in [-0.05, 0) is 38.5 Å². The molecule has 2 saturated carbocycles. The number of aliphatic carboxylic acids is 4. The Labute approximate surface area is 183 Å². The minimum Gasteiger partial charge on any atom is -0.481 e. The number of hydrogen-bond acceptors (Lipinski definition) is 6. The van der Waals surface area contributed by atoms with Gasteiger partial charge in [-0.25, -0.2) is 0 Å². The van der Waals surface area contributed by atoms with Crippen LogP contribution in [0.15, 0.2) is 12.2 Å². The van der Waals surface area contributed by atoms with E-state index in [1.165, 1.54) is 0 Å². The van der Waals surface area contributed by atoms with Crippen molar-refractivity contribution in [3.8, 4) is 0 Å². The van der Waals surface area contributed by atoms with E-state index in [1.54, 1.807) is 0 Å². The molecular weight excluding hydrogens is 424 g/mol. The molecule has 0 amide bonds. The number of Topliss-reactive ketones (excluding diaryl/α,β-unsaturated/α-hetero) is 2. The Morgan fingerprint density at radius 1 is 0.594 bits per heavy atom. The molecule has 2 fully saturated rings. The summed E-state index contributed by atoms with van der Waals surface area (Å²) in [5, 5.41) is 39.9. The number of hydrogen-bond donors (Lipinski definition) is 4. The van der Waals surface area contributed by atoms with Crippen molar-refractivity contribution in [3.63, 3.8) is 0 Å². The third-order valence-electron chi connectivity index (χ3n) is 7.64. The van der Waals surface area contributed by atoms with E-state index in [1.807, 2.05) is 12.2 Å². The molecule has 32 heavy (non-hydrogen) atoms. The van der Waals surface area contributed by atoms with Gasteiger partial charge in [0.2, 0.25) is 0 Å². The average Bonchev–Trinajstić information content (AvgIpc) is 2.99. The molecule has 4 atom stereocenters. The van der Waals surface area contributed by atoms with Crippen LogP contribution in [-0.2, 0) is 28.8 Å². The van der Waals surface area contributed by atoms with Crippen molar-refractivity contribution < 1.29 is 49.2 Å². The molecule has 10 nitrogen and oxygen atoms in total. The van der Waals surface area contributed by atoms with E-state index in [4.69, 9.17) is 0 Å². The predicted molar refractivity (Wildman–Crippen MR) is 105 cm³/mol. The fourth-order valence-electron chi connectivity index (χ4n) is 6.76. The number of ketones is 2. The zero-order valence-electron chi connectivity index (χ0n) is 17.4. The molecule has 10 heteroatoms. The van der Waals surface area contributed by atoms with Crippen molar-refractivity contribution in [2.45, 2.75) is 51.4 Å². The Hall–Kier alpha value is -3.04. The molecule has 0 aromatic rings. The van der Waals surface area contributed by atoms with E-state index < -0.39 is 69.9 Å². The zero-order valence-corrected chi connectivity index (χ0v) is 17.4. The van der Waals surface area contributed by atoms with Gasteiger partial charge in [-0.2, -0.15) is 0 Å². The van der Waals surface area contributed by atoms with Gasteiger partial charge < -0.3 is 20.4 Å². The zero-order chi connectivity index (χ0) is 23.8. The van der Waals surface area contributed by atoms with Crippen LogP contribution < -0.4 is 0 Å². The topological polar surface area (TPSA) is 183 Å². The standard InChI is InChI=1S/C22H26O10/c23-15-11(17(25)26)21-9-7-5-3-1-2-4-6-8-10-22(21,13(15)19(29)30)14(20(31)32)16(24)12(21)18(27)28/h1-2,11-14H,3-10H2,(H,25,26)(H,27,28)(H,29,30)(H,31,32)/b2-1-. The number of carboxylic acids is 4. The highest BCUT2D eigenvalue weighted by molar-refractivity contribution is 6.19. The Kier molecular flexibility index (Phi) is 6.26. The van der Waals surface area contributed by atoms with Crippen LogP contribution in [0.1, 0.15) is 51.4 Å². The lowest BCUT2D eigenvalue weighted by atomic mass is 9.53. The fraction of sp³-hybridized carbons (Fsp3) is 0.636. The van der Waals surface area contributed by atoms with Crippen molar-refractivity contribution in [1.29, 1.82) is 0 Å². The largest absolute Gasteiger partial charge is 0.481 e. The highest BCUT2D eigenvalue weighted by Gasteiger charge is 2.84. The molecule has 0 bridgehead atoms. The number of carboxylic acid groups (broad SMARTS) is 4. The summed E-state index contributed by atoms with van der Waals surface area (Å²) in [6.07, 6.45) is 6.04. The molecule has 3 rings (SSSR count). The summed E-state index contributed by atoms with van der Waals surface area (Å²) in [4.78, 5) is 75.8. The first-order chi connectivity index (χ1) is 15.1. The molecule has 0 radical (unpaired) electrons. The second kappa shape index (κ2) is 8.48. The molecule has 0 aliphatic heterocycles. The highest BCUT2D eigenvalue weighted by atomic mass is 16.4. The Morgan fingerprint density at radius 3 is 1.12 bits per heavy atom. The average molecular weight is 450 g/mol. The van der Waals surface area contributed by atoms with Gasteiger partial charge in [-0.3, -0.25) is 28.8 Å². The first-order valence-corrected chi connectivity index (χ1v) is 10.7. The summed E-state index contributed by atoms with van der Waals surface area (Å²) in [5.74, 6) is -17.7. The van der Waals surface area contributed by atoms with Crippen molar-refractivity contribution >= 4 is 35.4 Å². The summed E-state index contributed by atoms with van der Waals surface area (Å²) in [5.41, 5.74) is -4.26. The summed E-state index contributed by atoms with van der Waals surface area (Å²) >= 11 is 0. The van der Waals surface area contributed by atoms with Gasteiger partial charge in [0, 0.05) is 10.8 Å². The second-order valence-electron chi connectivity index (χ2n) is 8.93. The van der Waals surface area contributed by atoms with Crippen LogP contribution in [0, 0.1) is 34.5 Å². The molecule has 0 heterocycles. The molecular formula is C22H26O10. The van der Waals surface area contributed by atoms with E-state index in [0.717, 1.165) is 0 Å². The molecule has 3 aliphatic rings. The number of carbonyl (C=O) groups is 6. The number of carbonyl (C=O) groups excluding carboxylic acids is 2. The lowest BCUT2D eigenvalue weighted by Crippen LogP contribution is -2.51. The molecule has 174 valence electrons. The van der Waals surface area contributed by atoms with Gasteiger partial charge in [-0.15, -0.1) is 0 Å². The minimum atomic E-state index is -2.13. The van der Waals surface area contributed by atoms with Gasteiger partial charge in [-0.1, -0.05) is 25.0 Å². The third-order valence-corrected chi connectivity index (χ3v) is 7.64. The molecule has 0 aromatic carbocycles. The van der Waals surface area contributed by atoms with Crippen LogP contribution in [0.2, 0.25) is 0 Å². The van der Waals surface area contributed by atoms with E-state index in [2.05, 4.69) is 0 Å². The summed E-state index contributed by atoms with van der Waals surface area (Å²) < 4.78 is 0. The van der Waals surface area contributed by atoms with Crippen LogP contribution in [0.25, 0.3) is 0 Å². The highest BCUT2D eigenvalue weighted by Crippen LogP contribution is 2.73. The number of allylic oxidation sites excluding steroid dienone is 2. The van der Waals surface area contributed by atoms with E-state index in [9.17, 15) is 49.2 Å². The van der Waals surface area contributed by atoms with E-state index in [0.29, 0.717) is 25.7 Å². The normalized spacial score (nSPS) is 38.6. The SMILES string of the molecule is O=C(O)C1C(=O)C(C(=O)O)C23CCCC/C=C\CCCCC12C(C(=O)O)C(=O)C3C(=O)O. The fourth-order valence-corrected chi connectivity index (χ4v) is 6.76. The first-order valence-electron chi connectivity index (χ1n) is 10.7. The van der Waals surface area contributed by atoms with E-state index >= 15 is 0 Å². The van der Waals surface area contributed by atoms with Gasteiger partial charge in [0.1, 0.15) is 23.7 Å². The monoisotopic (exact) mass is 450 g/mol. The van der Waals surface area contributed by atoms with Crippen LogP contribution in [0.4, 0.5) is 0 Å². The molecule has 4 N–H and O–H groups in total. The molecule has 4 unspecified atom stereocenters. The van der Waals surface area contributed by atoms with Gasteiger partial charge in [0.05, 0.1) is 0 Å². The molecule has 0 aromatic heterocycles. The van der Waals surface area contributed by atoms with Crippen LogP contribution >= 0.6 is 0 Å². The van der Waals surface area contributed by atoms with Crippen LogP contribution in [0.3, 0.4) is 0 Å². The van der Waals surface area contributed by atoms with Gasteiger partial charge in [0.15, 0.2) is 11.6 Å². The van der Waals surface area contributed by atoms with Crippen molar-refractivity contribution in [3.05, 3.63) is 12.2 Å². The van der Waals surface area contributed by atoms with E-state index in [-0.39, 0.29) is 25.7 Å². The Bertz CT molecular complexity index is 780. The molecule has 0 spiro atoms. The second-order valence-corrected chi connectivity index (χ2v) is 8.93. The van der Waals surface area contributed by atoms with Crippen molar-refractivity contribution in [2.75, 3.05) is 0 Å². The van der Waals surface area contributed by atoms with Crippen LogP contribution in [-0.4, -0.2) is 55.9 Å². The smallest absolute Gasteiger partial charge is 0.314 e. The quantitative estimate of drug-likeness (QED) is 0.362. The maximum Gasteiger partial charge on any atom is 0.314 e. The summed E-state index contributed by atoms with van der Waals surface area (Å²) in [7, 11) is 0. The summed E-state index contributed by atoms with van der Waals surface area (Å²) in [6.45, 7) is 0. The lowest BCUT2D eigenvalue weighted by molar-refractivity contribution is -0.167. The van der Waals surface area contributed by atoms with Gasteiger partial charge in [0.25, 0.3) is 0 Å². The van der Waals surface area contributed by atoms with Crippen LogP contribution in [0.5, 0.6) is 0 Å². The minimum absolute atomic E-state index is 0.221. The lowest BCUT2D eigenvalue weighted by Gasteiger charge is -2.46. The maximum atomic E-state index is 13.3. The van der Waals surface area contributed by atoms with Gasteiger partial charge >= 0.3 is 23.9 Å².